The third kappa shape index (κ3) is 3.56. The van der Waals surface area contributed by atoms with Crippen LogP contribution in [0.2, 0.25) is 10.0 Å². The molecule has 1 aliphatic heterocycles. The highest BCUT2D eigenvalue weighted by Gasteiger charge is 2.36. The molecule has 1 saturated carbocycles. The largest absolute Gasteiger partial charge is 0.486 e. The van der Waals surface area contributed by atoms with E-state index in [1.54, 1.807) is 6.07 Å². The van der Waals surface area contributed by atoms with E-state index in [9.17, 15) is 4.79 Å². The lowest BCUT2D eigenvalue weighted by Gasteiger charge is -2.18. The summed E-state index contributed by atoms with van der Waals surface area (Å²) < 4.78 is 6.16. The van der Waals surface area contributed by atoms with Crippen LogP contribution in [-0.4, -0.2) is 33.0 Å². The van der Waals surface area contributed by atoms with Gasteiger partial charge in [-0.25, -0.2) is 4.98 Å². The minimum atomic E-state index is -0.410. The van der Waals surface area contributed by atoms with Crippen LogP contribution in [0.1, 0.15) is 42.6 Å². The normalized spacial score (nSPS) is 16.9. The second kappa shape index (κ2) is 7.03. The van der Waals surface area contributed by atoms with Crippen LogP contribution in [0.5, 0.6) is 5.75 Å². The lowest BCUT2D eigenvalue weighted by molar-refractivity contribution is 0.0938. The average molecular weight is 446 g/mol. The molecule has 3 heterocycles. The number of aromatic nitrogens is 3. The van der Waals surface area contributed by atoms with Crippen LogP contribution in [0.15, 0.2) is 18.5 Å². The van der Waals surface area contributed by atoms with Gasteiger partial charge in [-0.1, -0.05) is 23.2 Å². The Morgan fingerprint density at radius 2 is 2.03 bits per heavy atom. The topological polar surface area (TPSA) is 91.9 Å². The number of aromatic amines is 1. The maximum Gasteiger partial charge on any atom is 0.255 e. The molecule has 5 rings (SSSR count). The standard InChI is InChI=1S/C21H21Cl2N5O2/c1-21(2)6-12-16-15(5-11(18(12)30-21)19(29)25-7-10-3-4-10)26-20(27-16)28-17-13(22)8-24-9-14(17)23/h5,8-10H,3-4,6-7H2,1-2H3,(H,25,29)(H2,24,26,27,28). The summed E-state index contributed by atoms with van der Waals surface area (Å²) in [4.78, 5) is 24.8. The molecule has 1 fully saturated rings. The minimum Gasteiger partial charge on any atom is -0.486 e. The van der Waals surface area contributed by atoms with E-state index in [0.29, 0.717) is 51.9 Å². The molecule has 3 aromatic rings. The van der Waals surface area contributed by atoms with Gasteiger partial charge < -0.3 is 20.4 Å². The second-order valence-corrected chi connectivity index (χ2v) is 9.32. The van der Waals surface area contributed by atoms with E-state index in [1.165, 1.54) is 25.2 Å². The molecular formula is C21H21Cl2N5O2. The zero-order valence-corrected chi connectivity index (χ0v) is 18.1. The Morgan fingerprint density at radius 1 is 1.30 bits per heavy atom. The smallest absolute Gasteiger partial charge is 0.255 e. The fourth-order valence-corrected chi connectivity index (χ4v) is 4.21. The number of carbonyl (C=O) groups is 1. The maximum atomic E-state index is 12.9. The monoisotopic (exact) mass is 445 g/mol. The summed E-state index contributed by atoms with van der Waals surface area (Å²) >= 11 is 12.4. The number of nitrogens with one attached hydrogen (secondary N) is 3. The van der Waals surface area contributed by atoms with Gasteiger partial charge in [0, 0.05) is 30.9 Å². The molecule has 0 radical (unpaired) electrons. The van der Waals surface area contributed by atoms with Gasteiger partial charge in [-0.15, -0.1) is 0 Å². The first-order valence-corrected chi connectivity index (χ1v) is 10.6. The second-order valence-electron chi connectivity index (χ2n) is 8.51. The summed E-state index contributed by atoms with van der Waals surface area (Å²) in [6, 6.07) is 1.80. The van der Waals surface area contributed by atoms with Crippen molar-refractivity contribution in [2.24, 2.45) is 5.92 Å². The molecule has 3 N–H and O–H groups in total. The number of carbonyl (C=O) groups excluding carboxylic acids is 1. The van der Waals surface area contributed by atoms with Crippen LogP contribution in [0.25, 0.3) is 11.0 Å². The van der Waals surface area contributed by atoms with E-state index in [2.05, 4.69) is 20.6 Å². The fourth-order valence-electron chi connectivity index (χ4n) is 3.75. The number of pyridine rings is 1. The molecule has 0 unspecified atom stereocenters. The van der Waals surface area contributed by atoms with Gasteiger partial charge in [0.15, 0.2) is 0 Å². The number of fused-ring (bicyclic) bond motifs is 3. The molecule has 30 heavy (non-hydrogen) atoms. The highest BCUT2D eigenvalue weighted by molar-refractivity contribution is 6.39. The van der Waals surface area contributed by atoms with Crippen molar-refractivity contribution in [2.45, 2.75) is 38.7 Å². The minimum absolute atomic E-state index is 0.123. The number of anilines is 2. The number of amides is 1. The van der Waals surface area contributed by atoms with E-state index >= 15 is 0 Å². The molecular weight excluding hydrogens is 425 g/mol. The van der Waals surface area contributed by atoms with Gasteiger partial charge in [-0.2, -0.15) is 0 Å². The molecule has 9 heteroatoms. The molecule has 7 nitrogen and oxygen atoms in total. The van der Waals surface area contributed by atoms with Crippen LogP contribution in [0, 0.1) is 5.92 Å². The SMILES string of the molecule is CC1(C)Cc2c(c(C(=O)NCC3CC3)cc3[nH]c(Nc4c(Cl)cncc4Cl)nc23)O1. The van der Waals surface area contributed by atoms with Crippen molar-refractivity contribution in [3.63, 3.8) is 0 Å². The van der Waals surface area contributed by atoms with Gasteiger partial charge in [0.2, 0.25) is 5.95 Å². The Labute approximate surface area is 183 Å². The zero-order chi connectivity index (χ0) is 21.0. The number of rotatable bonds is 5. The molecule has 0 bridgehead atoms. The summed E-state index contributed by atoms with van der Waals surface area (Å²) in [5, 5.41) is 6.93. The van der Waals surface area contributed by atoms with Gasteiger partial charge in [-0.3, -0.25) is 9.78 Å². The van der Waals surface area contributed by atoms with Crippen LogP contribution in [0.4, 0.5) is 11.6 Å². The number of benzene rings is 1. The Bertz CT molecular complexity index is 1150. The van der Waals surface area contributed by atoms with Crippen molar-refractivity contribution in [1.82, 2.24) is 20.3 Å². The highest BCUT2D eigenvalue weighted by Crippen LogP contribution is 2.42. The number of H-pyrrole nitrogens is 1. The summed E-state index contributed by atoms with van der Waals surface area (Å²) in [7, 11) is 0. The predicted octanol–water partition coefficient (Wildman–Crippen LogP) is 4.86. The van der Waals surface area contributed by atoms with Gasteiger partial charge in [0.1, 0.15) is 11.4 Å². The third-order valence-electron chi connectivity index (χ3n) is 5.40. The van der Waals surface area contributed by atoms with E-state index in [-0.39, 0.29) is 5.91 Å². The molecule has 1 aliphatic carbocycles. The molecule has 156 valence electrons. The number of nitrogens with zero attached hydrogens (tertiary/aromatic N) is 2. The van der Waals surface area contributed by atoms with E-state index < -0.39 is 5.60 Å². The summed E-state index contributed by atoms with van der Waals surface area (Å²) in [6.07, 6.45) is 6.03. The van der Waals surface area contributed by atoms with E-state index in [0.717, 1.165) is 16.6 Å². The first kappa shape index (κ1) is 19.5. The molecule has 1 aromatic carbocycles. The Morgan fingerprint density at radius 3 is 2.73 bits per heavy atom. The van der Waals surface area contributed by atoms with Gasteiger partial charge in [-0.05, 0) is 38.7 Å². The highest BCUT2D eigenvalue weighted by atomic mass is 35.5. The summed E-state index contributed by atoms with van der Waals surface area (Å²) in [5.74, 6) is 1.56. The third-order valence-corrected chi connectivity index (χ3v) is 5.97. The first-order chi connectivity index (χ1) is 14.3. The van der Waals surface area contributed by atoms with Crippen LogP contribution < -0.4 is 15.4 Å². The number of imidazole rings is 1. The Balaban J connectivity index is 1.55. The van der Waals surface area contributed by atoms with Crippen molar-refractivity contribution in [1.29, 1.82) is 0 Å². The molecule has 2 aliphatic rings. The zero-order valence-electron chi connectivity index (χ0n) is 16.6. The van der Waals surface area contributed by atoms with Gasteiger partial charge >= 0.3 is 0 Å². The quantitative estimate of drug-likeness (QED) is 0.521. The predicted molar refractivity (Wildman–Crippen MR) is 117 cm³/mol. The molecule has 0 spiro atoms. The summed E-state index contributed by atoms with van der Waals surface area (Å²) in [6.45, 7) is 4.71. The summed E-state index contributed by atoms with van der Waals surface area (Å²) in [5.41, 5.74) is 3.06. The lowest BCUT2D eigenvalue weighted by atomic mass is 9.99. The number of ether oxygens (including phenoxy) is 1. The molecule has 1 amide bonds. The molecule has 2 aromatic heterocycles. The number of hydrogen-bond acceptors (Lipinski definition) is 5. The van der Waals surface area contributed by atoms with Crippen LogP contribution >= 0.6 is 23.2 Å². The van der Waals surface area contributed by atoms with Crippen molar-refractivity contribution >= 4 is 51.8 Å². The van der Waals surface area contributed by atoms with Crippen molar-refractivity contribution in [2.75, 3.05) is 11.9 Å². The Hall–Kier alpha value is -2.51. The average Bonchev–Trinajstić information content (AvgIpc) is 3.33. The van der Waals surface area contributed by atoms with E-state index in [4.69, 9.17) is 32.9 Å². The lowest BCUT2D eigenvalue weighted by Crippen LogP contribution is -2.27. The van der Waals surface area contributed by atoms with E-state index in [1.807, 2.05) is 13.8 Å². The Kier molecular flexibility index (Phi) is 4.56. The van der Waals surface area contributed by atoms with Crippen molar-refractivity contribution < 1.29 is 9.53 Å². The first-order valence-electron chi connectivity index (χ1n) is 9.89. The molecule has 0 saturated heterocycles. The van der Waals surface area contributed by atoms with Gasteiger partial charge in [0.05, 0.1) is 32.3 Å². The fraction of sp³-hybridized carbons (Fsp3) is 0.381. The van der Waals surface area contributed by atoms with Crippen molar-refractivity contribution in [3.05, 3.63) is 39.6 Å². The number of hydrogen-bond donors (Lipinski definition) is 3. The van der Waals surface area contributed by atoms with Crippen molar-refractivity contribution in [3.8, 4) is 5.75 Å². The maximum absolute atomic E-state index is 12.9. The van der Waals surface area contributed by atoms with Crippen LogP contribution in [-0.2, 0) is 6.42 Å². The number of halogens is 2. The molecule has 0 atom stereocenters. The van der Waals surface area contributed by atoms with Gasteiger partial charge in [0.25, 0.3) is 5.91 Å². The van der Waals surface area contributed by atoms with Crippen LogP contribution in [0.3, 0.4) is 0 Å².